The van der Waals surface area contributed by atoms with Crippen LogP contribution in [0.15, 0.2) is 36.5 Å². The van der Waals surface area contributed by atoms with Crippen molar-refractivity contribution < 1.29 is 28.8 Å². The number of hydrogen-bond acceptors (Lipinski definition) is 7. The molecule has 5 rings (SSSR count). The van der Waals surface area contributed by atoms with Crippen LogP contribution in [-0.2, 0) is 0 Å². The predicted octanol–water partition coefficient (Wildman–Crippen LogP) is 2.11. The third-order valence-electron chi connectivity index (χ3n) is 6.19. The average molecular weight is 412 g/mol. The second kappa shape index (κ2) is 7.68. The lowest BCUT2D eigenvalue weighted by Crippen LogP contribution is -2.42. The first-order valence-corrected chi connectivity index (χ1v) is 10.1. The van der Waals surface area contributed by atoms with E-state index in [9.17, 15) is 9.90 Å². The van der Waals surface area contributed by atoms with Gasteiger partial charge in [-0.25, -0.2) is 4.98 Å². The van der Waals surface area contributed by atoms with Gasteiger partial charge in [0.1, 0.15) is 11.9 Å². The summed E-state index contributed by atoms with van der Waals surface area (Å²) in [7, 11) is 1.53. The maximum Gasteiger partial charge on any atom is 0.254 e. The largest absolute Gasteiger partial charge is 0.488 e. The highest BCUT2D eigenvalue weighted by molar-refractivity contribution is 5.94. The molecule has 1 aromatic heterocycles. The number of ether oxygens (including phenoxy) is 4. The number of rotatable bonds is 4. The van der Waals surface area contributed by atoms with Crippen LogP contribution >= 0.6 is 0 Å². The minimum atomic E-state index is -0.576. The third-order valence-corrected chi connectivity index (χ3v) is 6.19. The molecule has 2 aromatic rings. The lowest BCUT2D eigenvalue weighted by molar-refractivity contribution is -0.0232. The molecule has 8 nitrogen and oxygen atoms in total. The highest BCUT2D eigenvalue weighted by Gasteiger charge is 2.44. The molecule has 0 radical (unpaired) electrons. The van der Waals surface area contributed by atoms with Gasteiger partial charge in [-0.2, -0.15) is 0 Å². The number of likely N-dealkylation sites (tertiary alicyclic amines) is 1. The Kier molecular flexibility index (Phi) is 4.86. The molecule has 1 N–H and O–H groups in total. The number of hydrogen-bond donors (Lipinski definition) is 1. The van der Waals surface area contributed by atoms with Crippen LogP contribution in [0.4, 0.5) is 0 Å². The molecule has 1 saturated heterocycles. The van der Waals surface area contributed by atoms with E-state index in [0.717, 1.165) is 0 Å². The highest BCUT2D eigenvalue weighted by Crippen LogP contribution is 2.40. The molecule has 1 aliphatic carbocycles. The zero-order valence-electron chi connectivity index (χ0n) is 16.7. The number of nitrogens with zero attached hydrogens (tertiary/aromatic N) is 2. The number of fused-ring (bicyclic) bond motifs is 2. The lowest BCUT2D eigenvalue weighted by atomic mass is 9.78. The number of aromatic nitrogens is 1. The minimum Gasteiger partial charge on any atom is -0.488 e. The fourth-order valence-electron chi connectivity index (χ4n) is 4.64. The first-order chi connectivity index (χ1) is 14.6. The number of aliphatic hydroxyl groups excluding tert-OH is 1. The molecule has 1 amide bonds. The highest BCUT2D eigenvalue weighted by atomic mass is 16.7. The monoisotopic (exact) mass is 412 g/mol. The molecule has 8 heteroatoms. The second-order valence-electron chi connectivity index (χ2n) is 8.03. The molecule has 2 aliphatic heterocycles. The van der Waals surface area contributed by atoms with E-state index in [2.05, 4.69) is 4.98 Å². The molecule has 0 spiro atoms. The van der Waals surface area contributed by atoms with Crippen molar-refractivity contribution in [3.63, 3.8) is 0 Å². The van der Waals surface area contributed by atoms with Gasteiger partial charge < -0.3 is 29.0 Å². The number of amides is 1. The molecule has 4 atom stereocenters. The Labute approximate surface area is 174 Å². The van der Waals surface area contributed by atoms with Crippen LogP contribution in [-0.4, -0.2) is 60.1 Å². The smallest absolute Gasteiger partial charge is 0.254 e. The number of carbonyl (C=O) groups excluding carboxylic acids is 1. The Hall–Kier alpha value is -3.00. The van der Waals surface area contributed by atoms with Crippen molar-refractivity contribution in [3.8, 4) is 23.1 Å². The van der Waals surface area contributed by atoms with E-state index in [1.165, 1.54) is 7.11 Å². The van der Waals surface area contributed by atoms with Gasteiger partial charge in [-0.1, -0.05) is 0 Å². The van der Waals surface area contributed by atoms with Gasteiger partial charge in [-0.05, 0) is 42.9 Å². The number of carbonyl (C=O) groups is 1. The molecule has 158 valence electrons. The van der Waals surface area contributed by atoms with Gasteiger partial charge in [-0.15, -0.1) is 0 Å². The van der Waals surface area contributed by atoms with Gasteiger partial charge in [0, 0.05) is 37.0 Å². The average Bonchev–Trinajstić information content (AvgIpc) is 3.39. The normalized spacial score (nSPS) is 26.9. The topological polar surface area (TPSA) is 90.4 Å². The molecule has 3 aliphatic rings. The second-order valence-corrected chi connectivity index (χ2v) is 8.03. The van der Waals surface area contributed by atoms with Gasteiger partial charge in [0.2, 0.25) is 12.7 Å². The quantitative estimate of drug-likeness (QED) is 0.823. The van der Waals surface area contributed by atoms with Crippen LogP contribution in [0.2, 0.25) is 0 Å². The first-order valence-electron chi connectivity index (χ1n) is 10.1. The van der Waals surface area contributed by atoms with Crippen molar-refractivity contribution in [3.05, 3.63) is 42.1 Å². The zero-order valence-corrected chi connectivity index (χ0v) is 16.7. The van der Waals surface area contributed by atoms with E-state index in [4.69, 9.17) is 18.9 Å². The number of benzene rings is 1. The summed E-state index contributed by atoms with van der Waals surface area (Å²) in [4.78, 5) is 18.9. The minimum absolute atomic E-state index is 0.0344. The standard InChI is InChI=1S/C22H24N2O6/c1-27-21-8-13(4-5-23-21)22(26)24-10-14-6-17(25)19(7-15(14)11-24)30-16-2-3-18-20(9-16)29-12-28-18/h2-5,8-9,14-15,17,19,25H,6-7,10-12H2,1H3/t14-,15+,17+,19+/m0/s1. The third kappa shape index (κ3) is 3.52. The summed E-state index contributed by atoms with van der Waals surface area (Å²) in [6.07, 6.45) is 2.00. The SMILES string of the molecule is COc1cc(C(=O)N2C[C@H]3C[C@@H](Oc4ccc5c(c4)OCO5)[C@H](O)C[C@H]3C2)ccn1. The van der Waals surface area contributed by atoms with Crippen molar-refractivity contribution in [1.82, 2.24) is 9.88 Å². The summed E-state index contributed by atoms with van der Waals surface area (Å²) in [6.45, 7) is 1.51. The molecule has 30 heavy (non-hydrogen) atoms. The van der Waals surface area contributed by atoms with E-state index >= 15 is 0 Å². The van der Waals surface area contributed by atoms with Crippen LogP contribution in [0.25, 0.3) is 0 Å². The summed E-state index contributed by atoms with van der Waals surface area (Å²) in [5.74, 6) is 2.95. The summed E-state index contributed by atoms with van der Waals surface area (Å²) in [5, 5.41) is 10.7. The number of aliphatic hydroxyl groups is 1. The molecule has 1 saturated carbocycles. The first kappa shape index (κ1) is 19.0. The number of pyridine rings is 1. The Morgan fingerprint density at radius 3 is 2.77 bits per heavy atom. The van der Waals surface area contributed by atoms with Gasteiger partial charge >= 0.3 is 0 Å². The fraction of sp³-hybridized carbons (Fsp3) is 0.455. The van der Waals surface area contributed by atoms with Crippen molar-refractivity contribution in [2.45, 2.75) is 25.0 Å². The van der Waals surface area contributed by atoms with Crippen molar-refractivity contribution >= 4 is 5.91 Å². The Morgan fingerprint density at radius 2 is 1.93 bits per heavy atom. The maximum atomic E-state index is 12.9. The van der Waals surface area contributed by atoms with E-state index in [1.54, 1.807) is 24.4 Å². The van der Waals surface area contributed by atoms with Crippen LogP contribution in [0, 0.1) is 11.8 Å². The van der Waals surface area contributed by atoms with Gasteiger partial charge in [0.25, 0.3) is 5.91 Å². The van der Waals surface area contributed by atoms with Crippen LogP contribution in [0.5, 0.6) is 23.1 Å². The number of methoxy groups -OCH3 is 1. The zero-order chi connectivity index (χ0) is 20.7. The molecule has 0 bridgehead atoms. The molecular weight excluding hydrogens is 388 g/mol. The van der Waals surface area contributed by atoms with Crippen LogP contribution < -0.4 is 18.9 Å². The predicted molar refractivity (Wildman–Crippen MR) is 106 cm³/mol. The maximum absolute atomic E-state index is 12.9. The van der Waals surface area contributed by atoms with E-state index < -0.39 is 6.10 Å². The summed E-state index contributed by atoms with van der Waals surface area (Å²) in [5.41, 5.74) is 0.564. The Morgan fingerprint density at radius 1 is 1.13 bits per heavy atom. The molecular formula is C22H24N2O6. The Bertz CT molecular complexity index is 951. The van der Waals surface area contributed by atoms with Crippen molar-refractivity contribution in [2.24, 2.45) is 11.8 Å². The molecule has 0 unspecified atom stereocenters. The van der Waals surface area contributed by atoms with Gasteiger partial charge in [0.05, 0.1) is 13.2 Å². The van der Waals surface area contributed by atoms with Crippen LogP contribution in [0.1, 0.15) is 23.2 Å². The van der Waals surface area contributed by atoms with Crippen LogP contribution in [0.3, 0.4) is 0 Å². The summed E-state index contributed by atoms with van der Waals surface area (Å²) >= 11 is 0. The fourth-order valence-corrected chi connectivity index (χ4v) is 4.64. The van der Waals surface area contributed by atoms with Gasteiger partial charge in [0.15, 0.2) is 11.5 Å². The molecule has 2 fully saturated rings. The molecule has 3 heterocycles. The van der Waals surface area contributed by atoms with E-state index in [1.807, 2.05) is 17.0 Å². The summed E-state index contributed by atoms with van der Waals surface area (Å²) < 4.78 is 22.0. The van der Waals surface area contributed by atoms with Crippen molar-refractivity contribution in [1.29, 1.82) is 0 Å². The van der Waals surface area contributed by atoms with Gasteiger partial charge in [-0.3, -0.25) is 4.79 Å². The molecule has 1 aromatic carbocycles. The van der Waals surface area contributed by atoms with E-state index in [0.29, 0.717) is 60.5 Å². The Balaban J connectivity index is 1.25. The lowest BCUT2D eigenvalue weighted by Gasteiger charge is -2.35. The van der Waals surface area contributed by atoms with E-state index in [-0.39, 0.29) is 24.7 Å². The van der Waals surface area contributed by atoms with Crippen molar-refractivity contribution in [2.75, 3.05) is 27.0 Å². The summed E-state index contributed by atoms with van der Waals surface area (Å²) in [6, 6.07) is 8.79.